The number of hydrogen-bond donors (Lipinski definition) is 1. The van der Waals surface area contributed by atoms with Crippen molar-refractivity contribution in [3.05, 3.63) is 0 Å². The smallest absolute Gasteiger partial charge is 0.0433 e. The molecule has 0 heterocycles. The van der Waals surface area contributed by atoms with Crippen molar-refractivity contribution in [2.45, 2.75) is 58.8 Å². The van der Waals surface area contributed by atoms with Crippen LogP contribution in [0.4, 0.5) is 0 Å². The molecule has 0 aromatic rings. The third-order valence-corrected chi connectivity index (χ3v) is 2.42. The molecule has 1 N–H and O–H groups in total. The summed E-state index contributed by atoms with van der Waals surface area (Å²) >= 11 is 0. The molecule has 0 saturated heterocycles. The maximum Gasteiger partial charge on any atom is 0.0433 e. The monoisotopic (exact) mass is 172 g/mol. The topological polar surface area (TPSA) is 20.2 Å². The summed E-state index contributed by atoms with van der Waals surface area (Å²) < 4.78 is 0. The fourth-order valence-electron chi connectivity index (χ4n) is 1.46. The van der Waals surface area contributed by atoms with E-state index in [1.54, 1.807) is 0 Å². The Morgan fingerprint density at radius 1 is 1.00 bits per heavy atom. The Labute approximate surface area is 77.2 Å². The van der Waals surface area contributed by atoms with Crippen molar-refractivity contribution in [3.8, 4) is 0 Å². The van der Waals surface area contributed by atoms with Gasteiger partial charge in [-0.15, -0.1) is 0 Å². The van der Waals surface area contributed by atoms with Crippen LogP contribution in [0, 0.1) is 5.92 Å². The van der Waals surface area contributed by atoms with Gasteiger partial charge in [-0.05, 0) is 12.3 Å². The lowest BCUT2D eigenvalue weighted by atomic mass is 10.00. The second kappa shape index (κ2) is 9.05. The minimum Gasteiger partial charge on any atom is -0.396 e. The zero-order valence-corrected chi connectivity index (χ0v) is 8.68. The third-order valence-electron chi connectivity index (χ3n) is 2.42. The molecule has 0 aliphatic heterocycles. The van der Waals surface area contributed by atoms with E-state index in [2.05, 4.69) is 13.8 Å². The van der Waals surface area contributed by atoms with Crippen LogP contribution in [0.2, 0.25) is 0 Å². The third kappa shape index (κ3) is 8.06. The molecule has 12 heavy (non-hydrogen) atoms. The van der Waals surface area contributed by atoms with E-state index in [0.717, 1.165) is 12.3 Å². The standard InChI is InChI=1S/C11H24O/c1-3-4-5-6-7-8-11(2)9-10-12/h11-12H,3-10H2,1-2H3/t11-/m1/s1. The van der Waals surface area contributed by atoms with Crippen LogP contribution in [-0.4, -0.2) is 11.7 Å². The lowest BCUT2D eigenvalue weighted by Crippen LogP contribution is -1.97. The van der Waals surface area contributed by atoms with Gasteiger partial charge in [0.05, 0.1) is 0 Å². The Morgan fingerprint density at radius 2 is 1.67 bits per heavy atom. The molecule has 0 unspecified atom stereocenters. The van der Waals surface area contributed by atoms with Gasteiger partial charge >= 0.3 is 0 Å². The SMILES string of the molecule is CCCCCCC[C@@H](C)CCO. The van der Waals surface area contributed by atoms with Crippen molar-refractivity contribution >= 4 is 0 Å². The summed E-state index contributed by atoms with van der Waals surface area (Å²) in [4.78, 5) is 0. The first-order chi connectivity index (χ1) is 5.81. The molecule has 0 bridgehead atoms. The average Bonchev–Trinajstić information content (AvgIpc) is 2.05. The van der Waals surface area contributed by atoms with E-state index in [0.29, 0.717) is 6.61 Å². The summed E-state index contributed by atoms with van der Waals surface area (Å²) in [5, 5.41) is 8.68. The van der Waals surface area contributed by atoms with Gasteiger partial charge in [0, 0.05) is 6.61 Å². The largest absolute Gasteiger partial charge is 0.396 e. The minimum absolute atomic E-state index is 0.357. The van der Waals surface area contributed by atoms with Crippen molar-refractivity contribution in [3.63, 3.8) is 0 Å². The molecule has 0 rings (SSSR count). The Kier molecular flexibility index (Phi) is 9.02. The number of aliphatic hydroxyl groups is 1. The van der Waals surface area contributed by atoms with Crippen molar-refractivity contribution in [1.29, 1.82) is 0 Å². The van der Waals surface area contributed by atoms with Gasteiger partial charge in [0.15, 0.2) is 0 Å². The van der Waals surface area contributed by atoms with Gasteiger partial charge < -0.3 is 5.11 Å². The highest BCUT2D eigenvalue weighted by atomic mass is 16.2. The molecule has 1 heteroatoms. The average molecular weight is 172 g/mol. The second-order valence-electron chi connectivity index (χ2n) is 3.82. The number of hydrogen-bond acceptors (Lipinski definition) is 1. The van der Waals surface area contributed by atoms with Gasteiger partial charge in [0.1, 0.15) is 0 Å². The Balaban J connectivity index is 2.97. The zero-order valence-electron chi connectivity index (χ0n) is 8.68. The predicted molar refractivity (Wildman–Crippen MR) is 54.2 cm³/mol. The highest BCUT2D eigenvalue weighted by Gasteiger charge is 1.99. The summed E-state index contributed by atoms with van der Waals surface area (Å²) in [5.41, 5.74) is 0. The molecule has 0 radical (unpaired) electrons. The maximum atomic E-state index is 8.68. The first-order valence-electron chi connectivity index (χ1n) is 5.42. The van der Waals surface area contributed by atoms with Gasteiger partial charge in [-0.3, -0.25) is 0 Å². The molecule has 0 fully saturated rings. The molecule has 1 atom stereocenters. The Hall–Kier alpha value is -0.0400. The van der Waals surface area contributed by atoms with Crippen LogP contribution in [0.15, 0.2) is 0 Å². The van der Waals surface area contributed by atoms with E-state index in [1.807, 2.05) is 0 Å². The summed E-state index contributed by atoms with van der Waals surface area (Å²) in [5.74, 6) is 0.719. The van der Waals surface area contributed by atoms with E-state index in [1.165, 1.54) is 38.5 Å². The maximum absolute atomic E-state index is 8.68. The van der Waals surface area contributed by atoms with Crippen LogP contribution in [0.3, 0.4) is 0 Å². The van der Waals surface area contributed by atoms with Crippen LogP contribution >= 0.6 is 0 Å². The van der Waals surface area contributed by atoms with Crippen LogP contribution in [0.5, 0.6) is 0 Å². The number of unbranched alkanes of at least 4 members (excludes halogenated alkanes) is 4. The zero-order chi connectivity index (χ0) is 9.23. The highest BCUT2D eigenvalue weighted by molar-refractivity contribution is 4.52. The van der Waals surface area contributed by atoms with Crippen molar-refractivity contribution in [1.82, 2.24) is 0 Å². The first kappa shape index (κ1) is 12.0. The summed E-state index contributed by atoms with van der Waals surface area (Å²) in [7, 11) is 0. The lowest BCUT2D eigenvalue weighted by molar-refractivity contribution is 0.256. The molecule has 0 saturated carbocycles. The van der Waals surface area contributed by atoms with E-state index < -0.39 is 0 Å². The van der Waals surface area contributed by atoms with Gasteiger partial charge in [0.25, 0.3) is 0 Å². The van der Waals surface area contributed by atoms with Crippen LogP contribution < -0.4 is 0 Å². The number of rotatable bonds is 8. The summed E-state index contributed by atoms with van der Waals surface area (Å²) in [6.07, 6.45) is 9.10. The minimum atomic E-state index is 0.357. The lowest BCUT2D eigenvalue weighted by Gasteiger charge is -2.08. The van der Waals surface area contributed by atoms with Crippen molar-refractivity contribution in [2.75, 3.05) is 6.61 Å². The van der Waals surface area contributed by atoms with Crippen LogP contribution in [0.1, 0.15) is 58.8 Å². The van der Waals surface area contributed by atoms with E-state index >= 15 is 0 Å². The number of aliphatic hydroxyl groups excluding tert-OH is 1. The molecule has 0 amide bonds. The Morgan fingerprint density at radius 3 is 2.25 bits per heavy atom. The second-order valence-corrected chi connectivity index (χ2v) is 3.82. The van der Waals surface area contributed by atoms with E-state index in [4.69, 9.17) is 5.11 Å². The van der Waals surface area contributed by atoms with Crippen molar-refractivity contribution in [2.24, 2.45) is 5.92 Å². The molecule has 0 spiro atoms. The molecular weight excluding hydrogens is 148 g/mol. The molecule has 0 aromatic heterocycles. The predicted octanol–water partition coefficient (Wildman–Crippen LogP) is 3.37. The normalized spacial score (nSPS) is 13.2. The van der Waals surface area contributed by atoms with Gasteiger partial charge in [0.2, 0.25) is 0 Å². The molecule has 0 aliphatic rings. The molecule has 1 nitrogen and oxygen atoms in total. The summed E-state index contributed by atoms with van der Waals surface area (Å²) in [6.45, 7) is 4.83. The Bertz CT molecular complexity index is 81.1. The first-order valence-corrected chi connectivity index (χ1v) is 5.42. The van der Waals surface area contributed by atoms with E-state index in [9.17, 15) is 0 Å². The van der Waals surface area contributed by atoms with Crippen LogP contribution in [0.25, 0.3) is 0 Å². The van der Waals surface area contributed by atoms with Gasteiger partial charge in [-0.1, -0.05) is 52.4 Å². The molecule has 74 valence electrons. The fraction of sp³-hybridized carbons (Fsp3) is 1.00. The van der Waals surface area contributed by atoms with Crippen LogP contribution in [-0.2, 0) is 0 Å². The van der Waals surface area contributed by atoms with Gasteiger partial charge in [-0.2, -0.15) is 0 Å². The molecule has 0 aliphatic carbocycles. The highest BCUT2D eigenvalue weighted by Crippen LogP contribution is 2.13. The molecule has 0 aromatic carbocycles. The molecular formula is C11H24O. The van der Waals surface area contributed by atoms with Crippen molar-refractivity contribution < 1.29 is 5.11 Å². The van der Waals surface area contributed by atoms with E-state index in [-0.39, 0.29) is 0 Å². The summed E-state index contributed by atoms with van der Waals surface area (Å²) in [6, 6.07) is 0. The quantitative estimate of drug-likeness (QED) is 0.557. The fourth-order valence-corrected chi connectivity index (χ4v) is 1.46. The van der Waals surface area contributed by atoms with Gasteiger partial charge in [-0.25, -0.2) is 0 Å².